The largest absolute Gasteiger partial charge is 0.372 e. The molecular weight excluding hydrogens is 300 g/mol. The molecule has 3 rings (SSSR count). The van der Waals surface area contributed by atoms with E-state index in [0.717, 1.165) is 44.0 Å². The van der Waals surface area contributed by atoms with Crippen LogP contribution in [0.15, 0.2) is 36.4 Å². The Labute approximate surface area is 144 Å². The molecule has 1 aromatic rings. The van der Waals surface area contributed by atoms with Crippen LogP contribution in [-0.4, -0.2) is 61.1 Å². The van der Waals surface area contributed by atoms with Gasteiger partial charge in [-0.05, 0) is 38.5 Å². The average molecular weight is 328 g/mol. The molecule has 1 N–H and O–H groups in total. The van der Waals surface area contributed by atoms with Crippen molar-refractivity contribution < 1.29 is 4.79 Å². The number of hydrogen-bond acceptors (Lipinski definition) is 3. The summed E-state index contributed by atoms with van der Waals surface area (Å²) in [6, 6.07) is 8.97. The smallest absolute Gasteiger partial charge is 0.321 e. The highest BCUT2D eigenvalue weighted by molar-refractivity contribution is 5.90. The Balaban J connectivity index is 1.58. The number of anilines is 2. The number of hydrogen-bond donors (Lipinski definition) is 1. The Morgan fingerprint density at radius 1 is 1.29 bits per heavy atom. The molecule has 0 aliphatic carbocycles. The molecule has 0 unspecified atom stereocenters. The topological polar surface area (TPSA) is 38.8 Å². The molecule has 24 heavy (non-hydrogen) atoms. The molecule has 1 aromatic carbocycles. The quantitative estimate of drug-likeness (QED) is 0.864. The number of amides is 2. The minimum atomic E-state index is 0.00834. The van der Waals surface area contributed by atoms with Gasteiger partial charge in [0.1, 0.15) is 0 Å². The average Bonchev–Trinajstić information content (AvgIpc) is 3.25. The van der Waals surface area contributed by atoms with Gasteiger partial charge in [-0.25, -0.2) is 4.79 Å². The molecule has 1 fully saturated rings. The SMILES string of the molecule is CC(C)N(C)c1cccc(NC(=O)N2CC[C@@H](N3CC=CC3)C2)c1. The molecule has 2 aliphatic rings. The lowest BCUT2D eigenvalue weighted by Crippen LogP contribution is -2.38. The van der Waals surface area contributed by atoms with Gasteiger partial charge in [0.05, 0.1) is 0 Å². The molecule has 1 atom stereocenters. The number of rotatable bonds is 4. The molecule has 0 radical (unpaired) electrons. The van der Waals surface area contributed by atoms with E-state index in [9.17, 15) is 4.79 Å². The van der Waals surface area contributed by atoms with Crippen molar-refractivity contribution in [1.82, 2.24) is 9.80 Å². The van der Waals surface area contributed by atoms with Gasteiger partial charge in [-0.1, -0.05) is 18.2 Å². The summed E-state index contributed by atoms with van der Waals surface area (Å²) in [6.45, 7) is 8.00. The third kappa shape index (κ3) is 3.73. The number of nitrogens with zero attached hydrogens (tertiary/aromatic N) is 3. The minimum absolute atomic E-state index is 0.00834. The molecule has 0 bridgehead atoms. The highest BCUT2D eigenvalue weighted by Gasteiger charge is 2.30. The zero-order chi connectivity index (χ0) is 17.1. The summed E-state index contributed by atoms with van der Waals surface area (Å²) >= 11 is 0. The van der Waals surface area contributed by atoms with Crippen molar-refractivity contribution >= 4 is 17.4 Å². The van der Waals surface area contributed by atoms with Crippen LogP contribution in [0.4, 0.5) is 16.2 Å². The maximum Gasteiger partial charge on any atom is 0.321 e. The van der Waals surface area contributed by atoms with Crippen molar-refractivity contribution in [2.75, 3.05) is 43.4 Å². The number of likely N-dealkylation sites (tertiary alicyclic amines) is 1. The third-order valence-corrected chi connectivity index (χ3v) is 5.09. The molecule has 0 spiro atoms. The second kappa shape index (κ2) is 7.26. The van der Waals surface area contributed by atoms with E-state index < -0.39 is 0 Å². The van der Waals surface area contributed by atoms with Crippen molar-refractivity contribution in [3.8, 4) is 0 Å². The molecule has 5 nitrogen and oxygen atoms in total. The Bertz CT molecular complexity index is 605. The summed E-state index contributed by atoms with van der Waals surface area (Å²) < 4.78 is 0. The second-order valence-electron chi connectivity index (χ2n) is 7.00. The zero-order valence-electron chi connectivity index (χ0n) is 14.9. The second-order valence-corrected chi connectivity index (χ2v) is 7.00. The fourth-order valence-corrected chi connectivity index (χ4v) is 3.32. The van der Waals surface area contributed by atoms with Crippen molar-refractivity contribution in [2.24, 2.45) is 0 Å². The predicted molar refractivity (Wildman–Crippen MR) is 99.7 cm³/mol. The number of urea groups is 1. The van der Waals surface area contributed by atoms with Crippen LogP contribution in [0.1, 0.15) is 20.3 Å². The summed E-state index contributed by atoms with van der Waals surface area (Å²) in [5.41, 5.74) is 1.97. The van der Waals surface area contributed by atoms with Gasteiger partial charge in [-0.15, -0.1) is 0 Å². The molecule has 2 aliphatic heterocycles. The van der Waals surface area contributed by atoms with Gasteiger partial charge in [0.15, 0.2) is 0 Å². The monoisotopic (exact) mass is 328 g/mol. The first kappa shape index (κ1) is 16.8. The first-order valence-corrected chi connectivity index (χ1v) is 8.82. The highest BCUT2D eigenvalue weighted by Crippen LogP contribution is 2.22. The standard InChI is InChI=1S/C19H28N4O/c1-15(2)21(3)17-8-6-7-16(13-17)20-19(24)23-12-9-18(14-23)22-10-4-5-11-22/h4-8,13,15,18H,9-12,14H2,1-3H3,(H,20,24)/t18-/m1/s1. The van der Waals surface area contributed by atoms with Gasteiger partial charge in [-0.3, -0.25) is 4.90 Å². The Morgan fingerprint density at radius 3 is 2.75 bits per heavy atom. The lowest BCUT2D eigenvalue weighted by molar-refractivity contribution is 0.212. The normalized spacial score (nSPS) is 20.8. The summed E-state index contributed by atoms with van der Waals surface area (Å²) in [5.74, 6) is 0. The van der Waals surface area contributed by atoms with Crippen LogP contribution in [0.3, 0.4) is 0 Å². The Kier molecular flexibility index (Phi) is 5.09. The number of carbonyl (C=O) groups excluding carboxylic acids is 1. The molecular formula is C19H28N4O. The molecule has 1 saturated heterocycles. The van der Waals surface area contributed by atoms with E-state index >= 15 is 0 Å². The third-order valence-electron chi connectivity index (χ3n) is 5.09. The van der Waals surface area contributed by atoms with Gasteiger partial charge in [0.25, 0.3) is 0 Å². The molecule has 0 aromatic heterocycles. The van der Waals surface area contributed by atoms with Crippen molar-refractivity contribution in [1.29, 1.82) is 0 Å². The Morgan fingerprint density at radius 2 is 2.04 bits per heavy atom. The number of nitrogens with one attached hydrogen (secondary N) is 1. The van der Waals surface area contributed by atoms with Gasteiger partial charge in [0.2, 0.25) is 0 Å². The van der Waals surface area contributed by atoms with Crippen molar-refractivity contribution in [3.05, 3.63) is 36.4 Å². The fourth-order valence-electron chi connectivity index (χ4n) is 3.32. The van der Waals surface area contributed by atoms with Crippen molar-refractivity contribution in [3.63, 3.8) is 0 Å². The van der Waals surface area contributed by atoms with E-state index in [1.54, 1.807) is 0 Å². The van der Waals surface area contributed by atoms with Crippen LogP contribution in [0.5, 0.6) is 0 Å². The van der Waals surface area contributed by atoms with Crippen LogP contribution < -0.4 is 10.2 Å². The van der Waals surface area contributed by atoms with E-state index in [1.807, 2.05) is 23.1 Å². The maximum atomic E-state index is 12.6. The van der Waals surface area contributed by atoms with Gasteiger partial charge >= 0.3 is 6.03 Å². The summed E-state index contributed by atoms with van der Waals surface area (Å²) in [6.07, 6.45) is 5.48. The maximum absolute atomic E-state index is 12.6. The van der Waals surface area contributed by atoms with E-state index in [4.69, 9.17) is 0 Å². The number of benzene rings is 1. The molecule has 0 saturated carbocycles. The van der Waals surface area contributed by atoms with Crippen LogP contribution in [0.25, 0.3) is 0 Å². The van der Waals surface area contributed by atoms with E-state index in [2.05, 4.69) is 54.2 Å². The first-order chi connectivity index (χ1) is 11.5. The summed E-state index contributed by atoms with van der Waals surface area (Å²) in [4.78, 5) is 19.1. The lowest BCUT2D eigenvalue weighted by atomic mass is 10.2. The van der Waals surface area contributed by atoms with Crippen LogP contribution in [-0.2, 0) is 0 Å². The lowest BCUT2D eigenvalue weighted by Gasteiger charge is -2.25. The Hall–Kier alpha value is -2.01. The zero-order valence-corrected chi connectivity index (χ0v) is 14.9. The van der Waals surface area contributed by atoms with Crippen LogP contribution in [0.2, 0.25) is 0 Å². The summed E-state index contributed by atoms with van der Waals surface area (Å²) in [7, 11) is 2.07. The van der Waals surface area contributed by atoms with Gasteiger partial charge in [0, 0.05) is 56.7 Å². The van der Waals surface area contributed by atoms with E-state index in [1.165, 1.54) is 0 Å². The summed E-state index contributed by atoms with van der Waals surface area (Å²) in [5, 5.41) is 3.06. The van der Waals surface area contributed by atoms with Crippen molar-refractivity contribution in [2.45, 2.75) is 32.4 Å². The fraction of sp³-hybridized carbons (Fsp3) is 0.526. The van der Waals surface area contributed by atoms with Gasteiger partial charge < -0.3 is 15.1 Å². The van der Waals surface area contributed by atoms with Gasteiger partial charge in [-0.2, -0.15) is 0 Å². The van der Waals surface area contributed by atoms with Crippen LogP contribution in [0, 0.1) is 0 Å². The molecule has 2 heterocycles. The first-order valence-electron chi connectivity index (χ1n) is 8.82. The predicted octanol–water partition coefficient (Wildman–Crippen LogP) is 3.01. The molecule has 5 heteroatoms. The van der Waals surface area contributed by atoms with E-state index in [-0.39, 0.29) is 6.03 Å². The highest BCUT2D eigenvalue weighted by atomic mass is 16.2. The molecule has 2 amide bonds. The molecule has 130 valence electrons. The van der Waals surface area contributed by atoms with E-state index in [0.29, 0.717) is 12.1 Å². The van der Waals surface area contributed by atoms with Crippen LogP contribution >= 0.6 is 0 Å². The minimum Gasteiger partial charge on any atom is -0.372 e. The number of carbonyl (C=O) groups is 1.